The zero-order valence-corrected chi connectivity index (χ0v) is 7.59. The molecule has 0 radical (unpaired) electrons. The molecule has 0 N–H and O–H groups in total. The predicted molar refractivity (Wildman–Crippen MR) is 44.6 cm³/mol. The van der Waals surface area contributed by atoms with Gasteiger partial charge in [-0.05, 0) is 25.2 Å². The van der Waals surface area contributed by atoms with Crippen molar-refractivity contribution in [3.8, 4) is 0 Å². The Bertz CT molecular complexity index is 257. The molecule has 66 valence electrons. The maximum atomic E-state index is 11.3. The summed E-state index contributed by atoms with van der Waals surface area (Å²) in [5.41, 5.74) is 0.0214. The van der Waals surface area contributed by atoms with Crippen molar-refractivity contribution in [1.29, 1.82) is 0 Å². The van der Waals surface area contributed by atoms with Crippen molar-refractivity contribution in [3.05, 3.63) is 0 Å². The number of rotatable bonds is 1. The minimum Gasteiger partial charge on any atom is -0.300 e. The molecule has 2 fully saturated rings. The van der Waals surface area contributed by atoms with E-state index in [2.05, 4.69) is 6.92 Å². The first kappa shape index (κ1) is 7.96. The van der Waals surface area contributed by atoms with Gasteiger partial charge in [-0.1, -0.05) is 6.92 Å². The minimum atomic E-state index is 0.0214. The second-order valence-electron chi connectivity index (χ2n) is 4.60. The number of carbonyl (C=O) groups is 2. The van der Waals surface area contributed by atoms with E-state index in [-0.39, 0.29) is 23.0 Å². The second kappa shape index (κ2) is 2.18. The number of Topliss-reactive ketones (excluding diaryl/α,β-unsaturated/α-hetero) is 2. The summed E-state index contributed by atoms with van der Waals surface area (Å²) in [6.07, 6.45) is 2.42. The third-order valence-electron chi connectivity index (χ3n) is 3.60. The van der Waals surface area contributed by atoms with E-state index < -0.39 is 0 Å². The highest BCUT2D eigenvalue weighted by Gasteiger charge is 2.54. The fourth-order valence-corrected chi connectivity index (χ4v) is 3.00. The molecule has 2 rings (SSSR count). The van der Waals surface area contributed by atoms with Crippen LogP contribution in [-0.4, -0.2) is 11.6 Å². The molecule has 0 aromatic rings. The van der Waals surface area contributed by atoms with Gasteiger partial charge in [-0.2, -0.15) is 0 Å². The first-order chi connectivity index (χ1) is 5.53. The van der Waals surface area contributed by atoms with Gasteiger partial charge in [-0.3, -0.25) is 9.59 Å². The topological polar surface area (TPSA) is 34.1 Å². The van der Waals surface area contributed by atoms with Crippen molar-refractivity contribution in [2.24, 2.45) is 17.3 Å². The van der Waals surface area contributed by atoms with Gasteiger partial charge in [0.25, 0.3) is 0 Å². The van der Waals surface area contributed by atoms with E-state index >= 15 is 0 Å². The van der Waals surface area contributed by atoms with Crippen LogP contribution in [0.4, 0.5) is 0 Å². The Morgan fingerprint density at radius 1 is 1.58 bits per heavy atom. The molecule has 0 saturated heterocycles. The summed E-state index contributed by atoms with van der Waals surface area (Å²) in [6.45, 7) is 3.74. The van der Waals surface area contributed by atoms with Gasteiger partial charge in [-0.15, -0.1) is 0 Å². The van der Waals surface area contributed by atoms with Crippen LogP contribution < -0.4 is 0 Å². The van der Waals surface area contributed by atoms with Crippen LogP contribution in [0.25, 0.3) is 0 Å². The molecule has 0 heterocycles. The molecule has 0 spiro atoms. The van der Waals surface area contributed by atoms with E-state index in [1.807, 2.05) is 0 Å². The average molecular weight is 166 g/mol. The van der Waals surface area contributed by atoms with Crippen molar-refractivity contribution in [3.63, 3.8) is 0 Å². The lowest BCUT2D eigenvalue weighted by Gasteiger charge is -2.28. The van der Waals surface area contributed by atoms with Crippen molar-refractivity contribution in [2.45, 2.75) is 33.1 Å². The number of fused-ring (bicyclic) bond motifs is 2. The fraction of sp³-hybridized carbons (Fsp3) is 0.800. The summed E-state index contributed by atoms with van der Waals surface area (Å²) >= 11 is 0. The lowest BCUT2D eigenvalue weighted by Crippen LogP contribution is -2.30. The Kier molecular flexibility index (Phi) is 1.45. The van der Waals surface area contributed by atoms with Crippen LogP contribution in [0.5, 0.6) is 0 Å². The first-order valence-corrected chi connectivity index (χ1v) is 4.56. The van der Waals surface area contributed by atoms with Crippen LogP contribution in [-0.2, 0) is 9.59 Å². The van der Waals surface area contributed by atoms with Gasteiger partial charge in [0, 0.05) is 18.3 Å². The normalized spacial score (nSPS) is 45.3. The molecule has 2 nitrogen and oxygen atoms in total. The molecule has 12 heavy (non-hydrogen) atoms. The SMILES string of the molecule is CC(=O)[C@H]1C[C@@H]2C[C@@]1(C)CC2=O. The predicted octanol–water partition coefficient (Wildman–Crippen LogP) is 1.58. The van der Waals surface area contributed by atoms with Crippen molar-refractivity contribution in [2.75, 3.05) is 0 Å². The Hall–Kier alpha value is -0.660. The van der Waals surface area contributed by atoms with E-state index in [1.54, 1.807) is 6.92 Å². The van der Waals surface area contributed by atoms with Crippen LogP contribution in [0, 0.1) is 17.3 Å². The van der Waals surface area contributed by atoms with Crippen LogP contribution in [0.2, 0.25) is 0 Å². The lowest BCUT2D eigenvalue weighted by molar-refractivity contribution is -0.128. The average Bonchev–Trinajstić information content (AvgIpc) is 2.38. The largest absolute Gasteiger partial charge is 0.300 e. The maximum Gasteiger partial charge on any atom is 0.136 e. The number of ketones is 2. The van der Waals surface area contributed by atoms with E-state index in [0.29, 0.717) is 12.2 Å². The molecule has 0 aromatic heterocycles. The Labute approximate surface area is 72.3 Å². The molecule has 0 unspecified atom stereocenters. The van der Waals surface area contributed by atoms with Gasteiger partial charge in [-0.25, -0.2) is 0 Å². The molecule has 0 aromatic carbocycles. The van der Waals surface area contributed by atoms with Crippen LogP contribution in [0.1, 0.15) is 33.1 Å². The number of carbonyl (C=O) groups excluding carboxylic acids is 2. The van der Waals surface area contributed by atoms with Crippen LogP contribution in [0.3, 0.4) is 0 Å². The van der Waals surface area contributed by atoms with Crippen LogP contribution in [0.15, 0.2) is 0 Å². The summed E-state index contributed by atoms with van der Waals surface area (Å²) in [4.78, 5) is 22.5. The lowest BCUT2D eigenvalue weighted by atomic mass is 9.74. The minimum absolute atomic E-state index is 0.0214. The molecular weight excluding hydrogens is 152 g/mol. The highest BCUT2D eigenvalue weighted by Crippen LogP contribution is 2.55. The smallest absolute Gasteiger partial charge is 0.136 e. The maximum absolute atomic E-state index is 11.3. The Balaban J connectivity index is 2.27. The summed E-state index contributed by atoms with van der Waals surface area (Å²) in [5, 5.41) is 0. The second-order valence-corrected chi connectivity index (χ2v) is 4.60. The van der Waals surface area contributed by atoms with Crippen molar-refractivity contribution in [1.82, 2.24) is 0 Å². The quantitative estimate of drug-likeness (QED) is 0.592. The Morgan fingerprint density at radius 2 is 2.25 bits per heavy atom. The molecule has 0 aliphatic heterocycles. The third-order valence-corrected chi connectivity index (χ3v) is 3.60. The molecule has 0 amide bonds. The Morgan fingerprint density at radius 3 is 2.58 bits per heavy atom. The summed E-state index contributed by atoms with van der Waals surface area (Å²) in [6, 6.07) is 0. The molecule has 2 aliphatic rings. The fourth-order valence-electron chi connectivity index (χ4n) is 3.00. The van der Waals surface area contributed by atoms with Gasteiger partial charge in [0.05, 0.1) is 0 Å². The number of hydrogen-bond acceptors (Lipinski definition) is 2. The molecule has 2 aliphatic carbocycles. The summed E-state index contributed by atoms with van der Waals surface area (Å²) in [7, 11) is 0. The van der Waals surface area contributed by atoms with Crippen molar-refractivity contribution >= 4 is 11.6 Å². The standard InChI is InChI=1S/C10H14O2/c1-6(11)8-3-7-4-10(8,2)5-9(7)12/h7-8H,3-5H2,1-2H3/t7-,8-,10+/m1/s1. The highest BCUT2D eigenvalue weighted by atomic mass is 16.1. The van der Waals surface area contributed by atoms with E-state index in [0.717, 1.165) is 12.8 Å². The summed E-state index contributed by atoms with van der Waals surface area (Å²) < 4.78 is 0. The highest BCUT2D eigenvalue weighted by molar-refractivity contribution is 5.90. The van der Waals surface area contributed by atoms with E-state index in [9.17, 15) is 9.59 Å². The van der Waals surface area contributed by atoms with Crippen LogP contribution >= 0.6 is 0 Å². The van der Waals surface area contributed by atoms with Gasteiger partial charge >= 0.3 is 0 Å². The third kappa shape index (κ3) is 0.869. The van der Waals surface area contributed by atoms with Crippen molar-refractivity contribution < 1.29 is 9.59 Å². The zero-order valence-electron chi connectivity index (χ0n) is 7.59. The number of hydrogen-bond donors (Lipinski definition) is 0. The molecule has 2 heteroatoms. The molecular formula is C10H14O2. The zero-order chi connectivity index (χ0) is 8.93. The molecule has 2 bridgehead atoms. The monoisotopic (exact) mass is 166 g/mol. The summed E-state index contributed by atoms with van der Waals surface area (Å²) in [5.74, 6) is 1.03. The van der Waals surface area contributed by atoms with Gasteiger partial charge in [0.15, 0.2) is 0 Å². The van der Waals surface area contributed by atoms with Gasteiger partial charge < -0.3 is 0 Å². The molecule has 2 saturated carbocycles. The molecule has 3 atom stereocenters. The van der Waals surface area contributed by atoms with E-state index in [4.69, 9.17) is 0 Å². The first-order valence-electron chi connectivity index (χ1n) is 4.56. The van der Waals surface area contributed by atoms with Gasteiger partial charge in [0.2, 0.25) is 0 Å². The van der Waals surface area contributed by atoms with E-state index in [1.165, 1.54) is 0 Å². The van der Waals surface area contributed by atoms with Gasteiger partial charge in [0.1, 0.15) is 11.6 Å².